The molecule has 0 aliphatic carbocycles. The van der Waals surface area contributed by atoms with Gasteiger partial charge in [-0.05, 0) is 217 Å². The number of aromatic nitrogens is 8. The maximum atomic E-state index is 5.96. The summed E-state index contributed by atoms with van der Waals surface area (Å²) >= 11 is 0. The highest BCUT2D eigenvalue weighted by molar-refractivity contribution is 6.07. The molecule has 0 radical (unpaired) electrons. The van der Waals surface area contributed by atoms with Crippen LogP contribution in [-0.4, -0.2) is 29.9 Å². The minimum Gasteiger partial charge on any atom is -0.357 e. The number of hydrogen-bond acceptors (Lipinski definition) is 6. The van der Waals surface area contributed by atoms with Crippen LogP contribution in [0.4, 0.5) is 0 Å². The maximum absolute atomic E-state index is 5.96. The van der Waals surface area contributed by atoms with Crippen molar-refractivity contribution in [2.24, 2.45) is 0 Å². The summed E-state index contributed by atoms with van der Waals surface area (Å²) in [5.41, 5.74) is 19.0. The van der Waals surface area contributed by atoms with E-state index in [-0.39, 0.29) is 0 Å². The number of hydrogen-bond donors (Lipinski definition) is 0. The molecular formula is C120H192N8-2. The molecule has 0 saturated heterocycles. The molecule has 2 aliphatic heterocycles. The molecule has 0 spiro atoms. The predicted molar refractivity (Wildman–Crippen MR) is 561 cm³/mol. The van der Waals surface area contributed by atoms with Crippen LogP contribution in [0.5, 0.6) is 0 Å². The Morgan fingerprint density at radius 1 is 0.141 bits per heavy atom. The third-order valence-corrected chi connectivity index (χ3v) is 29.4. The summed E-state index contributed by atoms with van der Waals surface area (Å²) in [4.78, 5) is 47.2. The van der Waals surface area contributed by atoms with E-state index in [0.29, 0.717) is 45.9 Å². The summed E-state index contributed by atoms with van der Waals surface area (Å²) < 4.78 is 0. The Kier molecular flexibility index (Phi) is 55.1. The van der Waals surface area contributed by atoms with Gasteiger partial charge in [-0.1, -0.05) is 466 Å². The molecule has 7 aromatic rings. The average molecular weight is 1750 g/mol. The number of nitrogens with zero attached hydrogens (tertiary/aromatic N) is 8. The molecular weight excluding hydrogens is 1550 g/mol. The largest absolute Gasteiger partial charge is 0.357 e. The summed E-state index contributed by atoms with van der Waals surface area (Å²) in [6.07, 6.45) is 104. The Bertz CT molecular complexity index is 3730. The first-order valence-corrected chi connectivity index (χ1v) is 56.7. The maximum Gasteiger partial charge on any atom is 0.0927 e. The van der Waals surface area contributed by atoms with E-state index in [1.165, 1.54) is 507 Å². The van der Waals surface area contributed by atoms with E-state index in [9.17, 15) is 0 Å². The van der Waals surface area contributed by atoms with E-state index in [1.54, 1.807) is 0 Å². The van der Waals surface area contributed by atoms with E-state index in [1.807, 2.05) is 0 Å². The first-order chi connectivity index (χ1) is 63.3. The normalized spacial score (nSPS) is 12.1. The lowest BCUT2D eigenvalue weighted by molar-refractivity contribution is 0.561. The lowest BCUT2D eigenvalue weighted by atomic mass is 9.91. The molecule has 128 heavy (non-hydrogen) atoms. The monoisotopic (exact) mass is 1750 g/mol. The van der Waals surface area contributed by atoms with Crippen molar-refractivity contribution in [3.63, 3.8) is 0 Å². The molecule has 0 atom stereocenters. The Morgan fingerprint density at radius 3 is 0.391 bits per heavy atom. The van der Waals surface area contributed by atoms with Crippen molar-refractivity contribution < 1.29 is 0 Å². The summed E-state index contributed by atoms with van der Waals surface area (Å²) in [5.74, 6) is 2.87. The topological polar surface area (TPSA) is 106 Å². The Labute approximate surface area is 786 Å². The van der Waals surface area contributed by atoms with E-state index < -0.39 is 0 Å². The Morgan fingerprint density at radius 2 is 0.258 bits per heavy atom. The van der Waals surface area contributed by atoms with Crippen LogP contribution in [-0.2, 0) is 51.4 Å². The molecule has 3 aromatic heterocycles. The van der Waals surface area contributed by atoms with Gasteiger partial charge < -0.3 is 29.9 Å². The van der Waals surface area contributed by atoms with Crippen LogP contribution >= 0.6 is 0 Å². The van der Waals surface area contributed by atoms with Gasteiger partial charge in [-0.15, -0.1) is 0 Å². The van der Waals surface area contributed by atoms with Gasteiger partial charge in [-0.25, -0.2) is 9.97 Å². The van der Waals surface area contributed by atoms with Crippen LogP contribution in [0.2, 0.25) is 0 Å². The van der Waals surface area contributed by atoms with E-state index in [4.69, 9.17) is 39.9 Å². The van der Waals surface area contributed by atoms with Crippen LogP contribution < -0.4 is 9.97 Å². The van der Waals surface area contributed by atoms with Crippen LogP contribution in [0.3, 0.4) is 0 Å². The van der Waals surface area contributed by atoms with Crippen LogP contribution in [0.15, 0.2) is 48.5 Å². The van der Waals surface area contributed by atoms with Gasteiger partial charge in [0.1, 0.15) is 0 Å². The number of unbranched alkanes of at least 4 members (excludes halogenated alkanes) is 64. The lowest BCUT2D eigenvalue weighted by Crippen LogP contribution is -1.98. The van der Waals surface area contributed by atoms with Gasteiger partial charge in [-0.2, -0.15) is 0 Å². The highest BCUT2D eigenvalue weighted by Gasteiger charge is 2.24. The summed E-state index contributed by atoms with van der Waals surface area (Å²) in [6.45, 7) is 18.7. The molecule has 0 saturated carbocycles. The third-order valence-electron chi connectivity index (χ3n) is 29.4. The average Bonchev–Trinajstić information content (AvgIpc) is 1.59. The standard InChI is InChI=1S/C120H192N8/c1-9-17-25-33-41-49-57-65-73-81-97-89-105-106(90-98(97)82-74-66-58-50-42-34-26-18-10-2)114-121-113(105)125-115-107-91-99(83-75-67-59-51-43-35-27-19-11-3)100(84-76-68-60-52-44-36-28-20-12-4)92-108(107)117(122-115)127-119-111-95-103(87-79-71-63-55-47-39-31-23-15-7)104(88-80-72-64-56-48-40-32-24-16-8)96-112(111)120(124-119)128-118-110-94-102(86-78-70-62-54-46-38-30-22-14-6)101(93-109(110)116(123-118)126-114)85-77-69-61-53-45-37-29-21-13-5/h89-96H,9-88H2,1-8H3/q-2. The molecule has 0 N–H and O–H groups in total. The Balaban J connectivity index is 1.28. The van der Waals surface area contributed by atoms with Gasteiger partial charge in [0, 0.05) is 44.8 Å². The van der Waals surface area contributed by atoms with Gasteiger partial charge in [0.15, 0.2) is 0 Å². The molecule has 9 rings (SSSR count). The smallest absolute Gasteiger partial charge is 0.0927 e. The van der Waals surface area contributed by atoms with Gasteiger partial charge in [-0.3, -0.25) is 0 Å². The molecule has 8 nitrogen and oxygen atoms in total. The molecule has 0 amide bonds. The molecule has 8 bridgehead atoms. The van der Waals surface area contributed by atoms with Crippen molar-refractivity contribution in [3.05, 3.63) is 93.0 Å². The van der Waals surface area contributed by atoms with E-state index in [0.717, 1.165) is 95.2 Å². The number of benzene rings is 4. The van der Waals surface area contributed by atoms with Crippen LogP contribution in [0.25, 0.3) is 89.7 Å². The van der Waals surface area contributed by atoms with Gasteiger partial charge >= 0.3 is 0 Å². The SMILES string of the molecule is CCCCCCCCCCCc1cc2c(cc1CCCCCCCCCCC)-c1nc-2nc2[n-]c(nc3nc(nc4[n-]c(n1)c1cc(CCCCCCCCCCC)c(CCCCCCCCCCC)cc41)-c1cc(CCCCCCCCCCC)c(CCCCCCCCCCC)cc1-3)c1cc(CCCCCCCCCCC)c(CCCCCCCCCCC)cc21. The second-order valence-corrected chi connectivity index (χ2v) is 40.8. The fourth-order valence-electron chi connectivity index (χ4n) is 21.1. The predicted octanol–water partition coefficient (Wildman–Crippen LogP) is 38.7. The first kappa shape index (κ1) is 106. The van der Waals surface area contributed by atoms with Gasteiger partial charge in [0.2, 0.25) is 0 Å². The zero-order valence-electron chi connectivity index (χ0n) is 84.8. The highest BCUT2D eigenvalue weighted by Crippen LogP contribution is 2.42. The van der Waals surface area contributed by atoms with Crippen LogP contribution in [0.1, 0.15) is 562 Å². The molecule has 4 aromatic carbocycles. The summed E-state index contributed by atoms with van der Waals surface area (Å²) in [7, 11) is 0. The van der Waals surface area contributed by atoms with Crippen molar-refractivity contribution >= 4 is 44.1 Å². The fourth-order valence-corrected chi connectivity index (χ4v) is 21.1. The van der Waals surface area contributed by atoms with Gasteiger partial charge in [0.25, 0.3) is 0 Å². The molecule has 0 unspecified atom stereocenters. The number of fused-ring (bicyclic) bond motifs is 20. The molecule has 8 heteroatoms. The van der Waals surface area contributed by atoms with Crippen molar-refractivity contribution in [2.75, 3.05) is 0 Å². The first-order valence-electron chi connectivity index (χ1n) is 56.7. The lowest BCUT2D eigenvalue weighted by Gasteiger charge is -2.14. The summed E-state index contributed by atoms with van der Waals surface area (Å²) in [6, 6.07) is 20.4. The molecule has 2 aliphatic rings. The van der Waals surface area contributed by atoms with Crippen molar-refractivity contribution in [3.8, 4) is 45.6 Å². The van der Waals surface area contributed by atoms with Crippen molar-refractivity contribution in [1.82, 2.24) is 39.9 Å². The zero-order valence-corrected chi connectivity index (χ0v) is 84.8. The fraction of sp³-hybridized carbons (Fsp3) is 0.733. The van der Waals surface area contributed by atoms with Gasteiger partial charge in [0.05, 0.1) is 23.3 Å². The second kappa shape index (κ2) is 66.6. The van der Waals surface area contributed by atoms with Crippen LogP contribution in [0, 0.1) is 0 Å². The molecule has 714 valence electrons. The quantitative estimate of drug-likeness (QED) is 0.0347. The minimum absolute atomic E-state index is 0.717. The zero-order chi connectivity index (χ0) is 89.7. The molecule has 0 fully saturated rings. The van der Waals surface area contributed by atoms with Crippen molar-refractivity contribution in [1.29, 1.82) is 0 Å². The molecule has 5 heterocycles. The second-order valence-electron chi connectivity index (χ2n) is 40.8. The third kappa shape index (κ3) is 38.7. The number of rotatable bonds is 80. The van der Waals surface area contributed by atoms with Crippen molar-refractivity contribution in [2.45, 2.75) is 569 Å². The minimum atomic E-state index is 0.717. The van der Waals surface area contributed by atoms with E-state index >= 15 is 0 Å². The van der Waals surface area contributed by atoms with E-state index in [2.05, 4.69) is 104 Å². The highest BCUT2D eigenvalue weighted by atomic mass is 15.1. The number of aryl methyl sites for hydroxylation is 8. The Hall–Kier alpha value is -5.76. The summed E-state index contributed by atoms with van der Waals surface area (Å²) in [5, 5.41) is 4.34.